The lowest BCUT2D eigenvalue weighted by Gasteiger charge is -2.09. The van der Waals surface area contributed by atoms with Gasteiger partial charge in [-0.05, 0) is 47.6 Å². The number of hydrogen-bond acceptors (Lipinski definition) is 1. The highest BCUT2D eigenvalue weighted by Crippen LogP contribution is 2.34. The lowest BCUT2D eigenvalue weighted by Crippen LogP contribution is -1.92. The van der Waals surface area contributed by atoms with Gasteiger partial charge in [-0.15, -0.1) is 12.6 Å². The summed E-state index contributed by atoms with van der Waals surface area (Å²) in [7, 11) is 0. The van der Waals surface area contributed by atoms with E-state index in [1.165, 1.54) is 12.0 Å². The smallest absolute Gasteiger partial charge is 0.0560 e. The second-order valence-corrected chi connectivity index (χ2v) is 6.68. The predicted molar refractivity (Wildman–Crippen MR) is 92.3 cm³/mol. The molecular weight excluding hydrogens is 307 g/mol. The first-order valence-electron chi connectivity index (χ1n) is 6.74. The van der Waals surface area contributed by atoms with E-state index in [1.807, 2.05) is 12.1 Å². The lowest BCUT2D eigenvalue weighted by molar-refractivity contribution is 0.587. The molecule has 0 spiro atoms. The van der Waals surface area contributed by atoms with Crippen molar-refractivity contribution in [3.8, 4) is 11.1 Å². The highest BCUT2D eigenvalue weighted by molar-refractivity contribution is 7.80. The fraction of sp³-hybridized carbons (Fsp3) is 0.294. The van der Waals surface area contributed by atoms with E-state index in [2.05, 4.69) is 50.7 Å². The molecule has 0 unspecified atom stereocenters. The third-order valence-electron chi connectivity index (χ3n) is 3.29. The number of thiol groups is 1. The Morgan fingerprint density at radius 1 is 1.00 bits per heavy atom. The Hall–Kier alpha value is -0.630. The van der Waals surface area contributed by atoms with Gasteiger partial charge in [-0.2, -0.15) is 0 Å². The molecule has 0 saturated carbocycles. The number of aryl methyl sites for hydroxylation is 1. The van der Waals surface area contributed by atoms with Gasteiger partial charge in [-0.1, -0.05) is 61.3 Å². The van der Waals surface area contributed by atoms with E-state index in [0.717, 1.165) is 17.5 Å². The summed E-state index contributed by atoms with van der Waals surface area (Å²) >= 11 is 16.6. The van der Waals surface area contributed by atoms with Crippen LogP contribution in [0, 0.1) is 5.92 Å². The van der Waals surface area contributed by atoms with Crippen LogP contribution in [-0.4, -0.2) is 0 Å². The van der Waals surface area contributed by atoms with Crippen molar-refractivity contribution in [2.24, 2.45) is 5.92 Å². The second-order valence-electron chi connectivity index (χ2n) is 5.42. The Labute approximate surface area is 136 Å². The quantitative estimate of drug-likeness (QED) is 0.606. The van der Waals surface area contributed by atoms with Crippen molar-refractivity contribution in [3.63, 3.8) is 0 Å². The van der Waals surface area contributed by atoms with E-state index in [0.29, 0.717) is 20.9 Å². The summed E-state index contributed by atoms with van der Waals surface area (Å²) in [6.07, 6.45) is 2.29. The summed E-state index contributed by atoms with van der Waals surface area (Å²) in [6.45, 7) is 4.49. The Bertz CT molecular complexity index is 583. The first kappa shape index (κ1) is 15.8. The molecule has 3 heteroatoms. The van der Waals surface area contributed by atoms with Gasteiger partial charge in [-0.3, -0.25) is 0 Å². The van der Waals surface area contributed by atoms with Gasteiger partial charge >= 0.3 is 0 Å². The zero-order chi connectivity index (χ0) is 14.7. The van der Waals surface area contributed by atoms with Crippen LogP contribution in [0.15, 0.2) is 41.3 Å². The van der Waals surface area contributed by atoms with Crippen LogP contribution in [0.1, 0.15) is 25.8 Å². The van der Waals surface area contributed by atoms with Crippen LogP contribution in [0.4, 0.5) is 0 Å². The van der Waals surface area contributed by atoms with Crippen molar-refractivity contribution in [1.29, 1.82) is 0 Å². The molecule has 0 aliphatic carbocycles. The molecular formula is C17H18Cl2S. The Morgan fingerprint density at radius 3 is 2.25 bits per heavy atom. The summed E-state index contributed by atoms with van der Waals surface area (Å²) in [6, 6.07) is 12.4. The molecule has 0 radical (unpaired) electrons. The molecule has 0 fully saturated rings. The second kappa shape index (κ2) is 6.89. The molecule has 0 aliphatic rings. The van der Waals surface area contributed by atoms with Crippen molar-refractivity contribution in [1.82, 2.24) is 0 Å². The van der Waals surface area contributed by atoms with Crippen molar-refractivity contribution in [2.75, 3.05) is 0 Å². The van der Waals surface area contributed by atoms with Gasteiger partial charge in [0.15, 0.2) is 0 Å². The summed E-state index contributed by atoms with van der Waals surface area (Å²) in [5, 5.41) is 1.17. The van der Waals surface area contributed by atoms with Gasteiger partial charge in [0.1, 0.15) is 0 Å². The molecule has 0 N–H and O–H groups in total. The Kier molecular flexibility index (Phi) is 5.42. The summed E-state index contributed by atoms with van der Waals surface area (Å²) in [5.41, 5.74) is 3.52. The van der Waals surface area contributed by atoms with Crippen molar-refractivity contribution in [3.05, 3.63) is 52.0 Å². The van der Waals surface area contributed by atoms with E-state index in [-0.39, 0.29) is 0 Å². The molecule has 0 amide bonds. The number of halogens is 2. The predicted octanol–water partition coefficient (Wildman–Crippen LogP) is 6.54. The standard InChI is InChI=1S/C17H18Cl2S/c1-11(2)6-7-12-4-3-5-13(8-12)14-9-15(18)17(20)16(19)10-14/h3-5,8-11,20H,6-7H2,1-2H3. The monoisotopic (exact) mass is 324 g/mol. The summed E-state index contributed by atoms with van der Waals surface area (Å²) in [5.74, 6) is 0.714. The van der Waals surface area contributed by atoms with Gasteiger partial charge < -0.3 is 0 Å². The van der Waals surface area contributed by atoms with E-state index in [4.69, 9.17) is 23.2 Å². The molecule has 0 aromatic heterocycles. The topological polar surface area (TPSA) is 0 Å². The largest absolute Gasteiger partial charge is 0.140 e. The first-order chi connectivity index (χ1) is 9.47. The summed E-state index contributed by atoms with van der Waals surface area (Å²) in [4.78, 5) is 0.632. The zero-order valence-corrected chi connectivity index (χ0v) is 14.1. The van der Waals surface area contributed by atoms with Crippen LogP contribution >= 0.6 is 35.8 Å². The number of hydrogen-bond donors (Lipinski definition) is 1. The fourth-order valence-electron chi connectivity index (χ4n) is 2.09. The fourth-order valence-corrected chi connectivity index (χ4v) is 2.71. The Balaban J connectivity index is 2.31. The molecule has 0 heterocycles. The molecule has 2 aromatic carbocycles. The average Bonchev–Trinajstić information content (AvgIpc) is 2.42. The molecule has 0 saturated heterocycles. The highest BCUT2D eigenvalue weighted by atomic mass is 35.5. The van der Waals surface area contributed by atoms with Crippen molar-refractivity contribution >= 4 is 35.8 Å². The van der Waals surface area contributed by atoms with Gasteiger partial charge in [0.25, 0.3) is 0 Å². The van der Waals surface area contributed by atoms with Crippen LogP contribution in [0.25, 0.3) is 11.1 Å². The van der Waals surface area contributed by atoms with Gasteiger partial charge in [0.2, 0.25) is 0 Å². The van der Waals surface area contributed by atoms with E-state index in [9.17, 15) is 0 Å². The lowest BCUT2D eigenvalue weighted by atomic mass is 9.98. The van der Waals surface area contributed by atoms with Crippen LogP contribution in [0.2, 0.25) is 10.0 Å². The van der Waals surface area contributed by atoms with Crippen LogP contribution in [-0.2, 0) is 6.42 Å². The molecule has 0 nitrogen and oxygen atoms in total. The molecule has 0 atom stereocenters. The minimum absolute atomic E-state index is 0.586. The average molecular weight is 325 g/mol. The summed E-state index contributed by atoms with van der Waals surface area (Å²) < 4.78 is 0. The van der Waals surface area contributed by atoms with Crippen LogP contribution in [0.5, 0.6) is 0 Å². The van der Waals surface area contributed by atoms with Crippen LogP contribution < -0.4 is 0 Å². The Morgan fingerprint density at radius 2 is 1.65 bits per heavy atom. The molecule has 106 valence electrons. The molecule has 0 aliphatic heterocycles. The van der Waals surface area contributed by atoms with Gasteiger partial charge in [0, 0.05) is 4.90 Å². The normalized spacial score (nSPS) is 11.1. The van der Waals surface area contributed by atoms with E-state index in [1.54, 1.807) is 0 Å². The molecule has 2 rings (SSSR count). The van der Waals surface area contributed by atoms with Gasteiger partial charge in [-0.25, -0.2) is 0 Å². The maximum Gasteiger partial charge on any atom is 0.0560 e. The zero-order valence-electron chi connectivity index (χ0n) is 11.7. The number of benzene rings is 2. The first-order valence-corrected chi connectivity index (χ1v) is 7.95. The highest BCUT2D eigenvalue weighted by Gasteiger charge is 2.07. The van der Waals surface area contributed by atoms with Crippen molar-refractivity contribution < 1.29 is 0 Å². The van der Waals surface area contributed by atoms with E-state index < -0.39 is 0 Å². The minimum Gasteiger partial charge on any atom is -0.140 e. The minimum atomic E-state index is 0.586. The van der Waals surface area contributed by atoms with Crippen molar-refractivity contribution in [2.45, 2.75) is 31.6 Å². The maximum atomic E-state index is 6.15. The third kappa shape index (κ3) is 3.94. The van der Waals surface area contributed by atoms with E-state index >= 15 is 0 Å². The van der Waals surface area contributed by atoms with Crippen LogP contribution in [0.3, 0.4) is 0 Å². The van der Waals surface area contributed by atoms with Gasteiger partial charge in [0.05, 0.1) is 10.0 Å². The maximum absolute atomic E-state index is 6.15. The SMILES string of the molecule is CC(C)CCc1cccc(-c2cc(Cl)c(S)c(Cl)c2)c1. The third-order valence-corrected chi connectivity index (χ3v) is 4.63. The molecule has 20 heavy (non-hydrogen) atoms. The molecule has 2 aromatic rings. The number of rotatable bonds is 4. The molecule has 0 bridgehead atoms.